The van der Waals surface area contributed by atoms with Gasteiger partial charge in [-0.1, -0.05) is 0 Å². The van der Waals surface area contributed by atoms with Crippen molar-refractivity contribution < 1.29 is 4.74 Å². The standard InChI is InChI=1S/C12H16N2O/c1-3-4-7-15-12-6-5-11(14-9-12)8-10(2)13/h1,5-6,9-10H,4,7-8,13H2,2H3. The van der Waals surface area contributed by atoms with E-state index in [0.29, 0.717) is 13.0 Å². The van der Waals surface area contributed by atoms with Gasteiger partial charge in [0.05, 0.1) is 12.8 Å². The van der Waals surface area contributed by atoms with Crippen molar-refractivity contribution >= 4 is 0 Å². The SMILES string of the molecule is C#CCCOc1ccc(CC(C)N)nc1. The Kier molecular flexibility index (Phi) is 4.65. The summed E-state index contributed by atoms with van der Waals surface area (Å²) in [4.78, 5) is 4.24. The smallest absolute Gasteiger partial charge is 0.137 e. The zero-order valence-corrected chi connectivity index (χ0v) is 8.94. The minimum Gasteiger partial charge on any atom is -0.491 e. The van der Waals surface area contributed by atoms with Gasteiger partial charge < -0.3 is 10.5 Å². The van der Waals surface area contributed by atoms with E-state index in [1.807, 2.05) is 19.1 Å². The summed E-state index contributed by atoms with van der Waals surface area (Å²) in [7, 11) is 0. The van der Waals surface area contributed by atoms with E-state index in [2.05, 4.69) is 10.9 Å². The summed E-state index contributed by atoms with van der Waals surface area (Å²) in [5.41, 5.74) is 6.65. The Morgan fingerprint density at radius 3 is 2.93 bits per heavy atom. The molecule has 1 heterocycles. The topological polar surface area (TPSA) is 48.1 Å². The Morgan fingerprint density at radius 1 is 1.60 bits per heavy atom. The van der Waals surface area contributed by atoms with E-state index in [4.69, 9.17) is 16.9 Å². The second kappa shape index (κ2) is 6.05. The predicted octanol–water partition coefficient (Wildman–Crippen LogP) is 1.37. The molecule has 0 saturated heterocycles. The summed E-state index contributed by atoms with van der Waals surface area (Å²) in [6.45, 7) is 2.49. The van der Waals surface area contributed by atoms with Crippen molar-refractivity contribution in [3.05, 3.63) is 24.0 Å². The van der Waals surface area contributed by atoms with Crippen molar-refractivity contribution in [1.82, 2.24) is 4.98 Å². The van der Waals surface area contributed by atoms with E-state index in [1.165, 1.54) is 0 Å². The van der Waals surface area contributed by atoms with Crippen LogP contribution in [0.3, 0.4) is 0 Å². The normalized spacial score (nSPS) is 11.8. The molecule has 0 aromatic carbocycles. The van der Waals surface area contributed by atoms with Gasteiger partial charge in [0, 0.05) is 24.6 Å². The van der Waals surface area contributed by atoms with Gasteiger partial charge in [-0.25, -0.2) is 0 Å². The summed E-state index contributed by atoms with van der Waals surface area (Å²) in [6, 6.07) is 3.95. The number of hydrogen-bond acceptors (Lipinski definition) is 3. The number of pyridine rings is 1. The molecule has 1 aromatic heterocycles. The van der Waals surface area contributed by atoms with Crippen LogP contribution in [0.4, 0.5) is 0 Å². The lowest BCUT2D eigenvalue weighted by molar-refractivity contribution is 0.325. The highest BCUT2D eigenvalue weighted by Gasteiger charge is 1.99. The van der Waals surface area contributed by atoms with Crippen LogP contribution >= 0.6 is 0 Å². The highest BCUT2D eigenvalue weighted by molar-refractivity contribution is 5.20. The van der Waals surface area contributed by atoms with Crippen molar-refractivity contribution in [2.24, 2.45) is 5.73 Å². The molecule has 1 aromatic rings. The largest absolute Gasteiger partial charge is 0.491 e. The van der Waals surface area contributed by atoms with Crippen LogP contribution in [0.25, 0.3) is 0 Å². The van der Waals surface area contributed by atoms with Crippen LogP contribution in [-0.4, -0.2) is 17.6 Å². The van der Waals surface area contributed by atoms with Gasteiger partial charge >= 0.3 is 0 Å². The third-order valence-corrected chi connectivity index (χ3v) is 1.84. The zero-order chi connectivity index (χ0) is 11.1. The van der Waals surface area contributed by atoms with Crippen molar-refractivity contribution in [3.63, 3.8) is 0 Å². The second-order valence-electron chi connectivity index (χ2n) is 3.47. The van der Waals surface area contributed by atoms with Gasteiger partial charge in [-0.3, -0.25) is 4.98 Å². The molecule has 3 heteroatoms. The van der Waals surface area contributed by atoms with Gasteiger partial charge in [-0.2, -0.15) is 0 Å². The molecule has 1 rings (SSSR count). The maximum atomic E-state index is 5.67. The number of rotatable bonds is 5. The number of ether oxygens (including phenoxy) is 1. The first-order chi connectivity index (χ1) is 7.22. The first kappa shape index (κ1) is 11.5. The predicted molar refractivity (Wildman–Crippen MR) is 60.5 cm³/mol. The van der Waals surface area contributed by atoms with E-state index in [9.17, 15) is 0 Å². The maximum absolute atomic E-state index is 5.67. The summed E-state index contributed by atoms with van der Waals surface area (Å²) >= 11 is 0. The van der Waals surface area contributed by atoms with Gasteiger partial charge in [-0.05, 0) is 19.1 Å². The average molecular weight is 204 g/mol. The molecule has 1 unspecified atom stereocenters. The van der Waals surface area contributed by atoms with Crippen LogP contribution in [0, 0.1) is 12.3 Å². The molecule has 80 valence electrons. The fourth-order valence-electron chi connectivity index (χ4n) is 1.17. The van der Waals surface area contributed by atoms with Gasteiger partial charge in [-0.15, -0.1) is 12.3 Å². The highest BCUT2D eigenvalue weighted by Crippen LogP contribution is 2.10. The molecule has 0 aliphatic carbocycles. The van der Waals surface area contributed by atoms with Crippen molar-refractivity contribution in [2.75, 3.05) is 6.61 Å². The molecule has 0 saturated carbocycles. The summed E-state index contributed by atoms with van der Waals surface area (Å²) in [5.74, 6) is 3.26. The molecule has 0 radical (unpaired) electrons. The minimum atomic E-state index is 0.130. The quantitative estimate of drug-likeness (QED) is 0.582. The lowest BCUT2D eigenvalue weighted by Gasteiger charge is -2.06. The van der Waals surface area contributed by atoms with Crippen LogP contribution in [-0.2, 0) is 6.42 Å². The first-order valence-corrected chi connectivity index (χ1v) is 4.99. The van der Waals surface area contributed by atoms with Crippen molar-refractivity contribution in [1.29, 1.82) is 0 Å². The molecule has 0 amide bonds. The first-order valence-electron chi connectivity index (χ1n) is 4.99. The summed E-state index contributed by atoms with van der Waals surface area (Å²) in [5, 5.41) is 0. The Balaban J connectivity index is 2.46. The van der Waals surface area contributed by atoms with Crippen LogP contribution < -0.4 is 10.5 Å². The molecule has 0 aliphatic heterocycles. The molecule has 0 aliphatic rings. The molecular weight excluding hydrogens is 188 g/mol. The number of hydrogen-bond donors (Lipinski definition) is 1. The average Bonchev–Trinajstić information content (AvgIpc) is 2.20. The molecule has 15 heavy (non-hydrogen) atoms. The van der Waals surface area contributed by atoms with Crippen molar-refractivity contribution in [2.45, 2.75) is 25.8 Å². The Hall–Kier alpha value is -1.53. The van der Waals surface area contributed by atoms with E-state index < -0.39 is 0 Å². The number of aromatic nitrogens is 1. The molecule has 0 bridgehead atoms. The molecule has 2 N–H and O–H groups in total. The number of nitrogens with zero attached hydrogens (tertiary/aromatic N) is 1. The van der Waals surface area contributed by atoms with Crippen molar-refractivity contribution in [3.8, 4) is 18.1 Å². The Bertz CT molecular complexity index is 324. The summed E-state index contributed by atoms with van der Waals surface area (Å²) < 4.78 is 5.37. The van der Waals surface area contributed by atoms with Crippen LogP contribution in [0.2, 0.25) is 0 Å². The van der Waals surface area contributed by atoms with Crippen LogP contribution in [0.5, 0.6) is 5.75 Å². The molecule has 3 nitrogen and oxygen atoms in total. The highest BCUT2D eigenvalue weighted by atomic mass is 16.5. The fraction of sp³-hybridized carbons (Fsp3) is 0.417. The molecule has 0 fully saturated rings. The second-order valence-corrected chi connectivity index (χ2v) is 3.47. The van der Waals surface area contributed by atoms with E-state index in [-0.39, 0.29) is 6.04 Å². The Labute approximate surface area is 90.7 Å². The fourth-order valence-corrected chi connectivity index (χ4v) is 1.17. The summed E-state index contributed by atoms with van der Waals surface area (Å²) in [6.07, 6.45) is 8.21. The van der Waals surface area contributed by atoms with E-state index >= 15 is 0 Å². The lowest BCUT2D eigenvalue weighted by Crippen LogP contribution is -2.18. The monoisotopic (exact) mass is 204 g/mol. The van der Waals surface area contributed by atoms with E-state index in [1.54, 1.807) is 6.20 Å². The molecule has 1 atom stereocenters. The molecule has 0 spiro atoms. The van der Waals surface area contributed by atoms with E-state index in [0.717, 1.165) is 17.9 Å². The lowest BCUT2D eigenvalue weighted by atomic mass is 10.2. The van der Waals surface area contributed by atoms with Gasteiger partial charge in [0.1, 0.15) is 5.75 Å². The van der Waals surface area contributed by atoms with Crippen LogP contribution in [0.1, 0.15) is 19.0 Å². The Morgan fingerprint density at radius 2 is 2.40 bits per heavy atom. The third kappa shape index (κ3) is 4.48. The molecular formula is C12H16N2O. The number of terminal acetylenes is 1. The zero-order valence-electron chi connectivity index (χ0n) is 8.94. The van der Waals surface area contributed by atoms with Gasteiger partial charge in [0.15, 0.2) is 0 Å². The van der Waals surface area contributed by atoms with Crippen LogP contribution in [0.15, 0.2) is 18.3 Å². The van der Waals surface area contributed by atoms with Gasteiger partial charge in [0.25, 0.3) is 0 Å². The third-order valence-electron chi connectivity index (χ3n) is 1.84. The van der Waals surface area contributed by atoms with Gasteiger partial charge in [0.2, 0.25) is 0 Å². The minimum absolute atomic E-state index is 0.130. The maximum Gasteiger partial charge on any atom is 0.137 e. The number of nitrogens with two attached hydrogens (primary N) is 1.